The number of rotatable bonds is 4. The van der Waals surface area contributed by atoms with Gasteiger partial charge in [0.2, 0.25) is 5.91 Å². The lowest BCUT2D eigenvalue weighted by molar-refractivity contribution is 0.1000. The molecule has 1 aliphatic rings. The molecule has 2 heterocycles. The van der Waals surface area contributed by atoms with Gasteiger partial charge in [0.15, 0.2) is 0 Å². The quantitative estimate of drug-likeness (QED) is 0.793. The zero-order valence-corrected chi connectivity index (χ0v) is 13.8. The molecule has 1 aromatic carbocycles. The van der Waals surface area contributed by atoms with Crippen molar-refractivity contribution in [2.45, 2.75) is 18.9 Å². The van der Waals surface area contributed by atoms with Gasteiger partial charge in [-0.1, -0.05) is 12.1 Å². The van der Waals surface area contributed by atoms with E-state index in [4.69, 9.17) is 5.73 Å². The number of amides is 3. The highest BCUT2D eigenvalue weighted by Crippen LogP contribution is 2.17. The Kier molecular flexibility index (Phi) is 5.13. The van der Waals surface area contributed by atoms with Gasteiger partial charge in [-0.2, -0.15) is 0 Å². The standard InChI is InChI=1S/C18H21N5O2/c19-17(24)13-4-3-5-15(12-13)22-18(25)21-14-7-10-23(11-8-14)16-6-1-2-9-20-16/h1-6,9,12,14H,7-8,10-11H2,(H2,19,24)(H2,21,22,25). The van der Waals surface area contributed by atoms with E-state index < -0.39 is 5.91 Å². The molecule has 0 radical (unpaired) electrons. The molecule has 2 aromatic rings. The van der Waals surface area contributed by atoms with Crippen LogP contribution in [0.4, 0.5) is 16.3 Å². The van der Waals surface area contributed by atoms with Crippen LogP contribution in [0.2, 0.25) is 0 Å². The van der Waals surface area contributed by atoms with Crippen LogP contribution in [0.15, 0.2) is 48.7 Å². The molecule has 0 unspecified atom stereocenters. The molecule has 25 heavy (non-hydrogen) atoms. The second-order valence-electron chi connectivity index (χ2n) is 5.99. The maximum atomic E-state index is 12.1. The normalized spacial score (nSPS) is 14.8. The summed E-state index contributed by atoms with van der Waals surface area (Å²) in [6.45, 7) is 1.69. The Morgan fingerprint density at radius 3 is 2.60 bits per heavy atom. The molecule has 1 saturated heterocycles. The molecule has 7 nitrogen and oxygen atoms in total. The average molecular weight is 339 g/mol. The smallest absolute Gasteiger partial charge is 0.319 e. The second kappa shape index (κ2) is 7.65. The van der Waals surface area contributed by atoms with E-state index in [0.717, 1.165) is 31.7 Å². The number of aromatic nitrogens is 1. The van der Waals surface area contributed by atoms with Crippen LogP contribution in [0.3, 0.4) is 0 Å². The van der Waals surface area contributed by atoms with Gasteiger partial charge >= 0.3 is 6.03 Å². The first-order valence-corrected chi connectivity index (χ1v) is 8.25. The van der Waals surface area contributed by atoms with E-state index in [1.807, 2.05) is 18.2 Å². The van der Waals surface area contributed by atoms with E-state index in [9.17, 15) is 9.59 Å². The summed E-state index contributed by atoms with van der Waals surface area (Å²) in [5.41, 5.74) is 6.15. The number of hydrogen-bond acceptors (Lipinski definition) is 4. The summed E-state index contributed by atoms with van der Waals surface area (Å²) in [4.78, 5) is 29.9. The molecular formula is C18H21N5O2. The fourth-order valence-electron chi connectivity index (χ4n) is 2.90. The van der Waals surface area contributed by atoms with Crippen molar-refractivity contribution in [1.82, 2.24) is 10.3 Å². The van der Waals surface area contributed by atoms with Gasteiger partial charge in [0, 0.05) is 36.6 Å². The molecule has 0 atom stereocenters. The molecule has 0 bridgehead atoms. The lowest BCUT2D eigenvalue weighted by atomic mass is 10.1. The first-order chi connectivity index (χ1) is 12.1. The Balaban J connectivity index is 1.49. The molecule has 1 aliphatic heterocycles. The predicted octanol–water partition coefficient (Wildman–Crippen LogP) is 1.97. The number of nitrogens with two attached hydrogens (primary N) is 1. The molecule has 1 aromatic heterocycles. The van der Waals surface area contributed by atoms with E-state index in [1.54, 1.807) is 30.5 Å². The van der Waals surface area contributed by atoms with Crippen molar-refractivity contribution in [1.29, 1.82) is 0 Å². The number of carbonyl (C=O) groups excluding carboxylic acids is 2. The highest BCUT2D eigenvalue weighted by atomic mass is 16.2. The van der Waals surface area contributed by atoms with Gasteiger partial charge in [0.1, 0.15) is 5.82 Å². The Bertz CT molecular complexity index is 742. The van der Waals surface area contributed by atoms with Crippen molar-refractivity contribution in [2.75, 3.05) is 23.3 Å². The van der Waals surface area contributed by atoms with E-state index in [1.165, 1.54) is 0 Å². The molecule has 0 saturated carbocycles. The SMILES string of the molecule is NC(=O)c1cccc(NC(=O)NC2CCN(c3ccccn3)CC2)c1. The van der Waals surface area contributed by atoms with Gasteiger partial charge in [-0.3, -0.25) is 4.79 Å². The van der Waals surface area contributed by atoms with Crippen LogP contribution in [0.5, 0.6) is 0 Å². The van der Waals surface area contributed by atoms with Crippen molar-refractivity contribution in [3.63, 3.8) is 0 Å². The van der Waals surface area contributed by atoms with Crippen LogP contribution in [0.25, 0.3) is 0 Å². The zero-order chi connectivity index (χ0) is 17.6. The summed E-state index contributed by atoms with van der Waals surface area (Å²) in [5.74, 6) is 0.444. The van der Waals surface area contributed by atoms with Crippen LogP contribution >= 0.6 is 0 Å². The molecular weight excluding hydrogens is 318 g/mol. The van der Waals surface area contributed by atoms with Crippen LogP contribution in [0, 0.1) is 0 Å². The molecule has 130 valence electrons. The van der Waals surface area contributed by atoms with Gasteiger partial charge in [0.25, 0.3) is 0 Å². The number of piperidine rings is 1. The summed E-state index contributed by atoms with van der Waals surface area (Å²) in [6, 6.07) is 12.3. The summed E-state index contributed by atoms with van der Waals surface area (Å²) in [7, 11) is 0. The topological polar surface area (TPSA) is 100 Å². The van der Waals surface area contributed by atoms with Gasteiger partial charge in [-0.05, 0) is 43.2 Å². The van der Waals surface area contributed by atoms with E-state index in [-0.39, 0.29) is 12.1 Å². The van der Waals surface area contributed by atoms with Crippen LogP contribution in [-0.2, 0) is 0 Å². The first kappa shape index (κ1) is 16.8. The third kappa shape index (κ3) is 4.47. The van der Waals surface area contributed by atoms with E-state index in [2.05, 4.69) is 20.5 Å². The number of nitrogens with one attached hydrogen (secondary N) is 2. The van der Waals surface area contributed by atoms with Crippen molar-refractivity contribution >= 4 is 23.4 Å². The number of urea groups is 1. The van der Waals surface area contributed by atoms with Crippen LogP contribution < -0.4 is 21.3 Å². The Labute approximate surface area is 146 Å². The van der Waals surface area contributed by atoms with Gasteiger partial charge in [-0.25, -0.2) is 9.78 Å². The number of pyridine rings is 1. The van der Waals surface area contributed by atoms with Crippen molar-refractivity contribution in [3.05, 3.63) is 54.2 Å². The van der Waals surface area contributed by atoms with Crippen molar-refractivity contribution in [2.24, 2.45) is 5.73 Å². The molecule has 0 spiro atoms. The molecule has 4 N–H and O–H groups in total. The van der Waals surface area contributed by atoms with Crippen LogP contribution in [-0.4, -0.2) is 36.1 Å². The lowest BCUT2D eigenvalue weighted by Crippen LogP contribution is -2.46. The minimum Gasteiger partial charge on any atom is -0.366 e. The summed E-state index contributed by atoms with van der Waals surface area (Å²) in [6.07, 6.45) is 3.49. The highest BCUT2D eigenvalue weighted by molar-refractivity contribution is 5.95. The van der Waals surface area contributed by atoms with Gasteiger partial charge in [-0.15, -0.1) is 0 Å². The van der Waals surface area contributed by atoms with Crippen LogP contribution in [0.1, 0.15) is 23.2 Å². The third-order valence-electron chi connectivity index (χ3n) is 4.21. The number of nitrogens with zero attached hydrogens (tertiary/aromatic N) is 2. The fourth-order valence-corrected chi connectivity index (χ4v) is 2.90. The summed E-state index contributed by atoms with van der Waals surface area (Å²) in [5, 5.41) is 5.72. The number of anilines is 2. The van der Waals surface area contributed by atoms with Gasteiger partial charge < -0.3 is 21.3 Å². The maximum Gasteiger partial charge on any atom is 0.319 e. The van der Waals surface area contributed by atoms with E-state index in [0.29, 0.717) is 11.3 Å². The predicted molar refractivity (Wildman–Crippen MR) is 96.6 cm³/mol. The Morgan fingerprint density at radius 1 is 1.12 bits per heavy atom. The molecule has 1 fully saturated rings. The first-order valence-electron chi connectivity index (χ1n) is 8.25. The Morgan fingerprint density at radius 2 is 1.92 bits per heavy atom. The molecule has 0 aliphatic carbocycles. The van der Waals surface area contributed by atoms with E-state index >= 15 is 0 Å². The van der Waals surface area contributed by atoms with Gasteiger partial charge in [0.05, 0.1) is 0 Å². The minimum absolute atomic E-state index is 0.110. The number of primary amides is 1. The minimum atomic E-state index is -0.522. The maximum absolute atomic E-state index is 12.1. The molecule has 3 rings (SSSR count). The third-order valence-corrected chi connectivity index (χ3v) is 4.21. The average Bonchev–Trinajstić information content (AvgIpc) is 2.63. The molecule has 3 amide bonds. The second-order valence-corrected chi connectivity index (χ2v) is 5.99. The fraction of sp³-hybridized carbons (Fsp3) is 0.278. The molecule has 7 heteroatoms. The largest absolute Gasteiger partial charge is 0.366 e. The van der Waals surface area contributed by atoms with Crippen molar-refractivity contribution in [3.8, 4) is 0 Å². The zero-order valence-electron chi connectivity index (χ0n) is 13.8. The summed E-state index contributed by atoms with van der Waals surface area (Å²) >= 11 is 0. The Hall–Kier alpha value is -3.09. The summed E-state index contributed by atoms with van der Waals surface area (Å²) < 4.78 is 0. The number of hydrogen-bond donors (Lipinski definition) is 3. The lowest BCUT2D eigenvalue weighted by Gasteiger charge is -2.33. The van der Waals surface area contributed by atoms with Crippen molar-refractivity contribution < 1.29 is 9.59 Å². The highest BCUT2D eigenvalue weighted by Gasteiger charge is 2.21. The monoisotopic (exact) mass is 339 g/mol. The number of carbonyl (C=O) groups is 2. The number of benzene rings is 1.